The number of nitrogens with zero attached hydrogens (tertiary/aromatic N) is 1. The third-order valence-electron chi connectivity index (χ3n) is 4.64. The molecule has 1 atom stereocenters. The molecule has 9 heteroatoms. The van der Waals surface area contributed by atoms with E-state index in [2.05, 4.69) is 5.32 Å². The zero-order valence-corrected chi connectivity index (χ0v) is 19.2. The molecule has 2 rings (SSSR count). The van der Waals surface area contributed by atoms with Crippen molar-refractivity contribution in [2.24, 2.45) is 0 Å². The summed E-state index contributed by atoms with van der Waals surface area (Å²) in [6.07, 6.45) is 1.28. The van der Waals surface area contributed by atoms with E-state index in [0.717, 1.165) is 16.1 Å². The Hall–Kier alpha value is -3.07. The second-order valence-corrected chi connectivity index (χ2v) is 8.78. The van der Waals surface area contributed by atoms with Gasteiger partial charge in [-0.25, -0.2) is 13.2 Å². The maximum Gasteiger partial charge on any atom is 0.338 e. The number of esters is 1. The number of methoxy groups -OCH3 is 1. The average Bonchev–Trinajstić information content (AvgIpc) is 2.72. The van der Waals surface area contributed by atoms with Gasteiger partial charge in [0.15, 0.2) is 0 Å². The molecule has 8 nitrogen and oxygen atoms in total. The average molecular weight is 449 g/mol. The zero-order chi connectivity index (χ0) is 23.2. The summed E-state index contributed by atoms with van der Waals surface area (Å²) < 4.78 is 36.5. The highest BCUT2D eigenvalue weighted by molar-refractivity contribution is 7.92. The van der Waals surface area contributed by atoms with Gasteiger partial charge >= 0.3 is 5.97 Å². The van der Waals surface area contributed by atoms with Crippen LogP contribution in [0, 0.1) is 6.92 Å². The second-order valence-electron chi connectivity index (χ2n) is 6.92. The summed E-state index contributed by atoms with van der Waals surface area (Å²) in [5.41, 5.74) is 1.75. The quantitative estimate of drug-likeness (QED) is 0.590. The van der Waals surface area contributed by atoms with E-state index >= 15 is 0 Å². The van der Waals surface area contributed by atoms with Gasteiger partial charge in [-0.3, -0.25) is 9.10 Å². The third-order valence-corrected chi connectivity index (χ3v) is 5.82. The van der Waals surface area contributed by atoms with Crippen molar-refractivity contribution >= 4 is 33.3 Å². The maximum atomic E-state index is 13.2. The molecule has 1 N–H and O–H groups in total. The highest BCUT2D eigenvalue weighted by atomic mass is 32.2. The summed E-state index contributed by atoms with van der Waals surface area (Å²) >= 11 is 0. The third kappa shape index (κ3) is 5.97. The topological polar surface area (TPSA) is 102 Å². The first-order valence-electron chi connectivity index (χ1n) is 9.84. The van der Waals surface area contributed by atoms with Gasteiger partial charge in [-0.15, -0.1) is 0 Å². The Morgan fingerprint density at radius 3 is 2.42 bits per heavy atom. The Labute approximate surface area is 183 Å². The van der Waals surface area contributed by atoms with Gasteiger partial charge in [-0.2, -0.15) is 0 Å². The van der Waals surface area contributed by atoms with Crippen molar-refractivity contribution < 1.29 is 27.5 Å². The molecule has 0 aliphatic heterocycles. The smallest absolute Gasteiger partial charge is 0.338 e. The standard InChI is InChI=1S/C22H28N2O6S/c1-6-20(24(31(5,27)28)17-9-8-10-18(14-17)29-4)21(25)23-19-13-16(12-11-15(19)3)22(26)30-7-2/h8-14,20H,6-7H2,1-5H3,(H,23,25)/t20-/m0/s1. The molecule has 0 unspecified atom stereocenters. The molecule has 0 fully saturated rings. The Bertz CT molecular complexity index is 1050. The van der Waals surface area contributed by atoms with E-state index < -0.39 is 27.9 Å². The van der Waals surface area contributed by atoms with Crippen molar-refractivity contribution in [1.82, 2.24) is 0 Å². The van der Waals surface area contributed by atoms with Gasteiger partial charge in [-0.05, 0) is 50.1 Å². The van der Waals surface area contributed by atoms with E-state index in [9.17, 15) is 18.0 Å². The van der Waals surface area contributed by atoms with Crippen LogP contribution in [-0.2, 0) is 19.6 Å². The zero-order valence-electron chi connectivity index (χ0n) is 18.3. The monoisotopic (exact) mass is 448 g/mol. The number of carbonyl (C=O) groups is 2. The molecule has 0 bridgehead atoms. The number of carbonyl (C=O) groups excluding carboxylic acids is 2. The van der Waals surface area contributed by atoms with Gasteiger partial charge in [0.2, 0.25) is 15.9 Å². The summed E-state index contributed by atoms with van der Waals surface area (Å²) in [7, 11) is -2.31. The summed E-state index contributed by atoms with van der Waals surface area (Å²) in [6, 6.07) is 10.3. The molecule has 0 aliphatic rings. The first-order chi connectivity index (χ1) is 14.6. The van der Waals surface area contributed by atoms with Crippen LogP contribution in [0.4, 0.5) is 11.4 Å². The van der Waals surface area contributed by atoms with Crippen molar-refractivity contribution in [1.29, 1.82) is 0 Å². The number of amides is 1. The normalized spacial score (nSPS) is 12.0. The summed E-state index contributed by atoms with van der Waals surface area (Å²) in [4.78, 5) is 25.2. The van der Waals surface area contributed by atoms with Crippen LogP contribution in [0.5, 0.6) is 5.75 Å². The van der Waals surface area contributed by atoms with Crippen molar-refractivity contribution in [2.75, 3.05) is 29.6 Å². The van der Waals surface area contributed by atoms with Crippen LogP contribution in [-0.4, -0.2) is 46.3 Å². The van der Waals surface area contributed by atoms with Gasteiger partial charge in [0.05, 0.1) is 31.2 Å². The Morgan fingerprint density at radius 2 is 1.84 bits per heavy atom. The van der Waals surface area contributed by atoms with E-state index in [4.69, 9.17) is 9.47 Å². The number of aryl methyl sites for hydroxylation is 1. The first kappa shape index (κ1) is 24.2. The highest BCUT2D eigenvalue weighted by Crippen LogP contribution is 2.27. The molecule has 2 aromatic carbocycles. The van der Waals surface area contributed by atoms with E-state index in [0.29, 0.717) is 22.7 Å². The van der Waals surface area contributed by atoms with Crippen molar-refractivity contribution in [3.8, 4) is 5.75 Å². The van der Waals surface area contributed by atoms with E-state index in [1.807, 2.05) is 0 Å². The van der Waals surface area contributed by atoms with Crippen LogP contribution in [0.15, 0.2) is 42.5 Å². The van der Waals surface area contributed by atoms with E-state index in [1.165, 1.54) is 13.2 Å². The second kappa shape index (κ2) is 10.3. The van der Waals surface area contributed by atoms with Crippen LogP contribution in [0.2, 0.25) is 0 Å². The fourth-order valence-corrected chi connectivity index (χ4v) is 4.33. The van der Waals surface area contributed by atoms with Crippen molar-refractivity contribution in [3.05, 3.63) is 53.6 Å². The molecule has 1 amide bonds. The number of ether oxygens (including phenoxy) is 2. The summed E-state index contributed by atoms with van der Waals surface area (Å²) in [5, 5.41) is 2.77. The first-order valence-corrected chi connectivity index (χ1v) is 11.7. The molecular formula is C22H28N2O6S. The number of nitrogens with one attached hydrogen (secondary N) is 1. The predicted octanol–water partition coefficient (Wildman–Crippen LogP) is 3.36. The molecule has 0 saturated carbocycles. The molecular weight excluding hydrogens is 420 g/mol. The van der Waals surface area contributed by atoms with Crippen molar-refractivity contribution in [3.63, 3.8) is 0 Å². The van der Waals surface area contributed by atoms with Crippen LogP contribution in [0.3, 0.4) is 0 Å². The van der Waals surface area contributed by atoms with E-state index in [-0.39, 0.29) is 13.0 Å². The largest absolute Gasteiger partial charge is 0.497 e. The lowest BCUT2D eigenvalue weighted by atomic mass is 10.1. The lowest BCUT2D eigenvalue weighted by molar-refractivity contribution is -0.117. The number of rotatable bonds is 9. The van der Waals surface area contributed by atoms with Crippen LogP contribution in [0.1, 0.15) is 36.2 Å². The molecule has 0 radical (unpaired) electrons. The molecule has 168 valence electrons. The van der Waals surface area contributed by atoms with Gasteiger partial charge in [-0.1, -0.05) is 19.1 Å². The van der Waals surface area contributed by atoms with Gasteiger partial charge < -0.3 is 14.8 Å². The number of benzene rings is 2. The number of anilines is 2. The Kier molecular flexibility index (Phi) is 8.04. The van der Waals surface area contributed by atoms with Crippen LogP contribution >= 0.6 is 0 Å². The molecule has 0 heterocycles. The molecule has 0 aromatic heterocycles. The van der Waals surface area contributed by atoms with Gasteiger partial charge in [0.1, 0.15) is 11.8 Å². The minimum Gasteiger partial charge on any atom is -0.497 e. The van der Waals surface area contributed by atoms with Crippen LogP contribution < -0.4 is 14.4 Å². The minimum atomic E-state index is -3.79. The predicted molar refractivity (Wildman–Crippen MR) is 120 cm³/mol. The Morgan fingerprint density at radius 1 is 1.13 bits per heavy atom. The molecule has 2 aromatic rings. The minimum absolute atomic E-state index is 0.229. The molecule has 0 aliphatic carbocycles. The number of sulfonamides is 1. The molecule has 0 saturated heterocycles. The fourth-order valence-electron chi connectivity index (χ4n) is 3.12. The summed E-state index contributed by atoms with van der Waals surface area (Å²) in [6.45, 7) is 5.45. The summed E-state index contributed by atoms with van der Waals surface area (Å²) in [5.74, 6) is -0.543. The van der Waals surface area contributed by atoms with E-state index in [1.54, 1.807) is 57.2 Å². The highest BCUT2D eigenvalue weighted by Gasteiger charge is 2.32. The molecule has 0 spiro atoms. The fraction of sp³-hybridized carbons (Fsp3) is 0.364. The molecule has 31 heavy (non-hydrogen) atoms. The lowest BCUT2D eigenvalue weighted by Gasteiger charge is -2.30. The number of hydrogen-bond donors (Lipinski definition) is 1. The SMILES string of the molecule is CCOC(=O)c1ccc(C)c(NC(=O)[C@H](CC)N(c2cccc(OC)c2)S(C)(=O)=O)c1. The van der Waals surface area contributed by atoms with Crippen LogP contribution in [0.25, 0.3) is 0 Å². The Balaban J connectivity index is 2.40. The maximum absolute atomic E-state index is 13.2. The van der Waals surface area contributed by atoms with Gasteiger partial charge in [0, 0.05) is 11.8 Å². The lowest BCUT2D eigenvalue weighted by Crippen LogP contribution is -2.47. The van der Waals surface area contributed by atoms with Crippen molar-refractivity contribution in [2.45, 2.75) is 33.2 Å². The number of hydrogen-bond acceptors (Lipinski definition) is 6. The van der Waals surface area contributed by atoms with Gasteiger partial charge in [0.25, 0.3) is 0 Å².